The third-order valence-corrected chi connectivity index (χ3v) is 11.2. The van der Waals surface area contributed by atoms with Gasteiger partial charge in [-0.25, -0.2) is 0 Å². The summed E-state index contributed by atoms with van der Waals surface area (Å²) in [6, 6.07) is 68.7. The van der Waals surface area contributed by atoms with Gasteiger partial charge < -0.3 is 4.90 Å². The van der Waals surface area contributed by atoms with Crippen LogP contribution in [0, 0.1) is 0 Å². The van der Waals surface area contributed by atoms with Gasteiger partial charge in [0, 0.05) is 36.9 Å². The number of anilines is 3. The molecule has 0 atom stereocenters. The standard InChI is InChI=1S/C48H31NS/c1-3-13-32(14-4-1)35-23-26-38(27-24-35)49(39-28-25-34-17-7-8-18-36(34)29-39)44-30-37(33-15-5-2-6-16-33)31-45-47(44)46-42-21-11-9-19-40(42)41-20-10-12-22-43(41)48(46)50-45/h1-31H. The molecule has 0 saturated heterocycles. The number of nitrogens with zero attached hydrogens (tertiary/aromatic N) is 1. The first-order valence-corrected chi connectivity index (χ1v) is 17.9. The molecule has 0 aliphatic carbocycles. The smallest absolute Gasteiger partial charge is 0.0561 e. The van der Waals surface area contributed by atoms with Crippen molar-refractivity contribution in [3.63, 3.8) is 0 Å². The summed E-state index contributed by atoms with van der Waals surface area (Å²) in [5, 5.41) is 10.2. The maximum atomic E-state index is 2.48. The number of hydrogen-bond donors (Lipinski definition) is 0. The van der Waals surface area contributed by atoms with Gasteiger partial charge in [0.05, 0.1) is 5.69 Å². The van der Waals surface area contributed by atoms with Crippen molar-refractivity contribution in [1.82, 2.24) is 0 Å². The van der Waals surface area contributed by atoms with Gasteiger partial charge in [-0.05, 0) is 85.6 Å². The monoisotopic (exact) mass is 653 g/mol. The van der Waals surface area contributed by atoms with Gasteiger partial charge in [0.15, 0.2) is 0 Å². The molecular weight excluding hydrogens is 623 g/mol. The molecule has 10 aromatic rings. The Kier molecular flexibility index (Phi) is 6.75. The summed E-state index contributed by atoms with van der Waals surface area (Å²) in [4.78, 5) is 2.48. The molecule has 1 aromatic heterocycles. The molecule has 0 amide bonds. The first-order valence-electron chi connectivity index (χ1n) is 17.1. The van der Waals surface area contributed by atoms with Crippen molar-refractivity contribution in [3.05, 3.63) is 188 Å². The highest BCUT2D eigenvalue weighted by molar-refractivity contribution is 7.27. The molecule has 10 rings (SSSR count). The minimum absolute atomic E-state index is 1.12. The van der Waals surface area contributed by atoms with E-state index < -0.39 is 0 Å². The highest BCUT2D eigenvalue weighted by Gasteiger charge is 2.23. The molecule has 0 N–H and O–H groups in total. The predicted molar refractivity (Wildman–Crippen MR) is 217 cm³/mol. The van der Waals surface area contributed by atoms with Crippen LogP contribution >= 0.6 is 11.3 Å². The van der Waals surface area contributed by atoms with Crippen molar-refractivity contribution < 1.29 is 0 Å². The fourth-order valence-corrected chi connectivity index (χ4v) is 8.97. The normalized spacial score (nSPS) is 11.6. The summed E-state index contributed by atoms with van der Waals surface area (Å²) in [7, 11) is 0. The molecule has 2 heteroatoms. The highest BCUT2D eigenvalue weighted by atomic mass is 32.1. The third-order valence-electron chi connectivity index (χ3n) is 10.0. The third kappa shape index (κ3) is 4.69. The minimum atomic E-state index is 1.12. The second kappa shape index (κ2) is 11.7. The predicted octanol–water partition coefficient (Wildman–Crippen LogP) is 14.3. The molecular formula is C48H31NS. The van der Waals surface area contributed by atoms with Gasteiger partial charge in [-0.2, -0.15) is 0 Å². The quantitative estimate of drug-likeness (QED) is 0.167. The Hall–Kier alpha value is -6.22. The molecule has 234 valence electrons. The molecule has 0 radical (unpaired) electrons. The zero-order valence-corrected chi connectivity index (χ0v) is 28.1. The lowest BCUT2D eigenvalue weighted by Crippen LogP contribution is -2.10. The van der Waals surface area contributed by atoms with E-state index in [1.807, 2.05) is 11.3 Å². The summed E-state index contributed by atoms with van der Waals surface area (Å²) in [5.41, 5.74) is 8.26. The first-order chi connectivity index (χ1) is 24.8. The molecule has 1 heterocycles. The van der Waals surface area contributed by atoms with E-state index >= 15 is 0 Å². The highest BCUT2D eigenvalue weighted by Crippen LogP contribution is 2.51. The maximum absolute atomic E-state index is 2.48. The molecule has 0 unspecified atom stereocenters. The van der Waals surface area contributed by atoms with Crippen LogP contribution < -0.4 is 4.90 Å². The van der Waals surface area contributed by atoms with E-state index in [9.17, 15) is 0 Å². The molecule has 0 spiro atoms. The molecule has 0 fully saturated rings. The molecule has 50 heavy (non-hydrogen) atoms. The number of hydrogen-bond acceptors (Lipinski definition) is 2. The average Bonchev–Trinajstić information content (AvgIpc) is 3.59. The fraction of sp³-hybridized carbons (Fsp3) is 0. The summed E-state index contributed by atoms with van der Waals surface area (Å²) < 4.78 is 2.61. The van der Waals surface area contributed by atoms with Crippen LogP contribution in [0.5, 0.6) is 0 Å². The molecule has 0 bridgehead atoms. The summed E-state index contributed by atoms with van der Waals surface area (Å²) in [5.74, 6) is 0. The molecule has 0 saturated carbocycles. The number of benzene rings is 9. The summed E-state index contributed by atoms with van der Waals surface area (Å²) >= 11 is 1.91. The average molecular weight is 654 g/mol. The van der Waals surface area contributed by atoms with Crippen molar-refractivity contribution in [1.29, 1.82) is 0 Å². The van der Waals surface area contributed by atoms with Gasteiger partial charge >= 0.3 is 0 Å². The molecule has 0 aliphatic rings. The van der Waals surface area contributed by atoms with Gasteiger partial charge in [0.1, 0.15) is 0 Å². The Labute approximate surface area is 294 Å². The van der Waals surface area contributed by atoms with Crippen LogP contribution in [0.25, 0.3) is 74.7 Å². The van der Waals surface area contributed by atoms with Crippen LogP contribution in [0.4, 0.5) is 17.1 Å². The largest absolute Gasteiger partial charge is 0.310 e. The lowest BCUT2D eigenvalue weighted by atomic mass is 9.95. The van der Waals surface area contributed by atoms with Crippen molar-refractivity contribution >= 4 is 80.9 Å². The van der Waals surface area contributed by atoms with Crippen LogP contribution in [-0.4, -0.2) is 0 Å². The van der Waals surface area contributed by atoms with Crippen LogP contribution in [0.2, 0.25) is 0 Å². The summed E-state index contributed by atoms with van der Waals surface area (Å²) in [6.45, 7) is 0. The zero-order valence-electron chi connectivity index (χ0n) is 27.3. The summed E-state index contributed by atoms with van der Waals surface area (Å²) in [6.07, 6.45) is 0. The lowest BCUT2D eigenvalue weighted by molar-refractivity contribution is 1.31. The van der Waals surface area contributed by atoms with Crippen LogP contribution in [-0.2, 0) is 0 Å². The van der Waals surface area contributed by atoms with E-state index in [1.165, 1.54) is 80.4 Å². The maximum Gasteiger partial charge on any atom is 0.0561 e. The van der Waals surface area contributed by atoms with E-state index in [0.717, 1.165) is 11.4 Å². The van der Waals surface area contributed by atoms with E-state index in [0.29, 0.717) is 0 Å². The van der Waals surface area contributed by atoms with Crippen molar-refractivity contribution in [2.75, 3.05) is 4.90 Å². The Bertz CT molecular complexity index is 2850. The molecule has 9 aromatic carbocycles. The Morgan fingerprint density at radius 1 is 0.340 bits per heavy atom. The molecule has 0 aliphatic heterocycles. The first kappa shape index (κ1) is 28.8. The van der Waals surface area contributed by atoms with E-state index in [1.54, 1.807) is 0 Å². The Morgan fingerprint density at radius 2 is 0.880 bits per heavy atom. The van der Waals surface area contributed by atoms with Gasteiger partial charge in [-0.3, -0.25) is 0 Å². The van der Waals surface area contributed by atoms with E-state index in [-0.39, 0.29) is 0 Å². The van der Waals surface area contributed by atoms with E-state index in [4.69, 9.17) is 0 Å². The second-order valence-electron chi connectivity index (χ2n) is 12.9. The van der Waals surface area contributed by atoms with Gasteiger partial charge in [-0.15, -0.1) is 11.3 Å². The number of thiophene rings is 1. The van der Waals surface area contributed by atoms with Crippen molar-refractivity contribution in [2.45, 2.75) is 0 Å². The van der Waals surface area contributed by atoms with Crippen molar-refractivity contribution in [3.8, 4) is 22.3 Å². The number of fused-ring (bicyclic) bond motifs is 9. The lowest BCUT2D eigenvalue weighted by Gasteiger charge is -2.28. The van der Waals surface area contributed by atoms with Crippen LogP contribution in [0.1, 0.15) is 0 Å². The fourth-order valence-electron chi connectivity index (χ4n) is 7.66. The van der Waals surface area contributed by atoms with Crippen molar-refractivity contribution in [2.24, 2.45) is 0 Å². The van der Waals surface area contributed by atoms with Gasteiger partial charge in [0.25, 0.3) is 0 Å². The Morgan fingerprint density at radius 3 is 1.60 bits per heavy atom. The second-order valence-corrected chi connectivity index (χ2v) is 14.0. The van der Waals surface area contributed by atoms with Crippen LogP contribution in [0.15, 0.2) is 188 Å². The van der Waals surface area contributed by atoms with Gasteiger partial charge in [0.2, 0.25) is 0 Å². The van der Waals surface area contributed by atoms with E-state index in [2.05, 4.69) is 193 Å². The van der Waals surface area contributed by atoms with Gasteiger partial charge in [-0.1, -0.05) is 152 Å². The zero-order chi connectivity index (χ0) is 33.0. The minimum Gasteiger partial charge on any atom is -0.310 e. The Balaban J connectivity index is 1.34. The number of rotatable bonds is 5. The SMILES string of the molecule is c1ccc(-c2ccc(N(c3ccc4ccccc4c3)c3cc(-c4ccccc4)cc4sc5c6ccccc6c6ccccc6c5c34)cc2)cc1. The molecule has 1 nitrogen and oxygen atoms in total. The topological polar surface area (TPSA) is 3.24 Å². The van der Waals surface area contributed by atoms with Crippen LogP contribution in [0.3, 0.4) is 0 Å².